The maximum absolute atomic E-state index is 2.40. The number of hydrogen-bond acceptors (Lipinski definition) is 0. The Morgan fingerprint density at radius 1 is 0.923 bits per heavy atom. The Morgan fingerprint density at radius 2 is 1.38 bits per heavy atom. The summed E-state index contributed by atoms with van der Waals surface area (Å²) in [6.45, 7) is 17.1. The molecule has 0 unspecified atom stereocenters. The highest BCUT2D eigenvalue weighted by Gasteiger charge is 2.49. The minimum atomic E-state index is 0.847. The summed E-state index contributed by atoms with van der Waals surface area (Å²) < 4.78 is 2.84. The fraction of sp³-hybridized carbons (Fsp3) is 1.00. The average molecular weight is 184 g/mol. The highest BCUT2D eigenvalue weighted by atomic mass is 15.5. The van der Waals surface area contributed by atoms with Gasteiger partial charge in [0.25, 0.3) is 0 Å². The molecule has 0 aromatic heterocycles. The topological polar surface area (TPSA) is 0 Å². The molecule has 0 radical (unpaired) electrons. The van der Waals surface area contributed by atoms with E-state index in [4.69, 9.17) is 0 Å². The maximum Gasteiger partial charge on any atom is 0.129 e. The van der Waals surface area contributed by atoms with Crippen molar-refractivity contribution < 1.29 is 8.97 Å². The lowest BCUT2D eigenvalue weighted by Crippen LogP contribution is -2.76. The van der Waals surface area contributed by atoms with E-state index >= 15 is 0 Å². The Labute approximate surface area is 82.3 Å². The zero-order valence-corrected chi connectivity index (χ0v) is 9.42. The average Bonchev–Trinajstić information content (AvgIpc) is 2.20. The van der Waals surface area contributed by atoms with Gasteiger partial charge in [-0.25, -0.2) is 0 Å². The van der Waals surface area contributed by atoms with Crippen LogP contribution < -0.4 is 0 Å². The zero-order valence-electron chi connectivity index (χ0n) is 9.42. The molecular weight excluding hydrogens is 160 g/mol. The third-order valence-corrected chi connectivity index (χ3v) is 4.83. The number of fused-ring (bicyclic) bond motifs is 3. The van der Waals surface area contributed by atoms with Gasteiger partial charge in [-0.05, 0) is 20.8 Å². The van der Waals surface area contributed by atoms with E-state index in [0.717, 1.165) is 6.04 Å². The lowest BCUT2D eigenvalue weighted by atomic mass is 10.0. The van der Waals surface area contributed by atoms with Gasteiger partial charge in [0.05, 0.1) is 12.6 Å². The molecule has 76 valence electrons. The van der Waals surface area contributed by atoms with Crippen molar-refractivity contribution in [3.8, 4) is 0 Å². The normalized spacial score (nSPS) is 44.3. The van der Waals surface area contributed by atoms with Gasteiger partial charge >= 0.3 is 0 Å². The van der Waals surface area contributed by atoms with E-state index in [0.29, 0.717) is 0 Å². The molecule has 3 heterocycles. The molecule has 0 atom stereocenters. The first kappa shape index (κ1) is 9.47. The van der Waals surface area contributed by atoms with Crippen LogP contribution in [0.25, 0.3) is 0 Å². The minimum Gasteiger partial charge on any atom is -0.310 e. The zero-order chi connectivity index (χ0) is 9.53. The van der Waals surface area contributed by atoms with Crippen molar-refractivity contribution in [1.82, 2.24) is 0 Å². The van der Waals surface area contributed by atoms with Gasteiger partial charge in [-0.15, -0.1) is 0 Å². The Balaban J connectivity index is 2.11. The van der Waals surface area contributed by atoms with E-state index in [1.165, 1.54) is 54.8 Å². The van der Waals surface area contributed by atoms with Crippen LogP contribution in [0, 0.1) is 0 Å². The molecule has 0 aliphatic carbocycles. The lowest BCUT2D eigenvalue weighted by molar-refractivity contribution is -1.09. The molecular formula is C11H24N2+2. The number of rotatable bonds is 2. The number of nitrogens with zero attached hydrogens (tertiary/aromatic N) is 2. The van der Waals surface area contributed by atoms with Crippen LogP contribution in [-0.2, 0) is 0 Å². The molecule has 3 aliphatic heterocycles. The molecule has 3 rings (SSSR count). The van der Waals surface area contributed by atoms with Crippen molar-refractivity contribution in [3.63, 3.8) is 0 Å². The SMILES string of the molecule is CC[N+]12CC[N+](C(C)C)(CC1)CC2. The minimum absolute atomic E-state index is 0.847. The van der Waals surface area contributed by atoms with Gasteiger partial charge in [0.1, 0.15) is 39.3 Å². The van der Waals surface area contributed by atoms with E-state index < -0.39 is 0 Å². The van der Waals surface area contributed by atoms with Crippen molar-refractivity contribution in [2.45, 2.75) is 26.8 Å². The van der Waals surface area contributed by atoms with Crippen LogP contribution in [0.1, 0.15) is 20.8 Å². The van der Waals surface area contributed by atoms with Crippen LogP contribution in [0.2, 0.25) is 0 Å². The van der Waals surface area contributed by atoms with Gasteiger partial charge in [0, 0.05) is 0 Å². The second-order valence-electron chi connectivity index (χ2n) is 5.31. The number of likely N-dealkylation sites (N-methyl/N-ethyl adjacent to an activating group) is 1. The third kappa shape index (κ3) is 1.31. The molecule has 2 nitrogen and oxygen atoms in total. The summed E-state index contributed by atoms with van der Waals surface area (Å²) >= 11 is 0. The summed E-state index contributed by atoms with van der Waals surface area (Å²) in [5.74, 6) is 0. The second-order valence-corrected chi connectivity index (χ2v) is 5.31. The van der Waals surface area contributed by atoms with E-state index in [1.54, 1.807) is 0 Å². The molecule has 0 N–H and O–H groups in total. The van der Waals surface area contributed by atoms with E-state index in [1.807, 2.05) is 0 Å². The van der Waals surface area contributed by atoms with E-state index in [2.05, 4.69) is 20.8 Å². The molecule has 0 spiro atoms. The van der Waals surface area contributed by atoms with Gasteiger partial charge in [-0.1, -0.05) is 0 Å². The monoisotopic (exact) mass is 184 g/mol. The third-order valence-electron chi connectivity index (χ3n) is 4.83. The van der Waals surface area contributed by atoms with E-state index in [9.17, 15) is 0 Å². The molecule has 3 saturated heterocycles. The lowest BCUT2D eigenvalue weighted by Gasteiger charge is -2.57. The number of piperazine rings is 3. The van der Waals surface area contributed by atoms with Gasteiger partial charge in [0.15, 0.2) is 0 Å². The van der Waals surface area contributed by atoms with Crippen molar-refractivity contribution in [2.24, 2.45) is 0 Å². The largest absolute Gasteiger partial charge is 0.310 e. The number of quaternary nitrogens is 2. The fourth-order valence-electron chi connectivity index (χ4n) is 3.15. The van der Waals surface area contributed by atoms with Crippen LogP contribution in [0.3, 0.4) is 0 Å². The molecule has 2 heteroatoms. The molecule has 2 bridgehead atoms. The van der Waals surface area contributed by atoms with Crippen molar-refractivity contribution in [1.29, 1.82) is 0 Å². The van der Waals surface area contributed by atoms with E-state index in [-0.39, 0.29) is 0 Å². The Kier molecular flexibility index (Phi) is 2.16. The predicted octanol–water partition coefficient (Wildman–Crippen LogP) is 1.08. The Morgan fingerprint density at radius 3 is 1.69 bits per heavy atom. The van der Waals surface area contributed by atoms with Crippen LogP contribution >= 0.6 is 0 Å². The molecule has 0 aromatic rings. The highest BCUT2D eigenvalue weighted by Crippen LogP contribution is 2.28. The quantitative estimate of drug-likeness (QED) is 0.563. The predicted molar refractivity (Wildman–Crippen MR) is 55.4 cm³/mol. The van der Waals surface area contributed by atoms with Crippen molar-refractivity contribution >= 4 is 0 Å². The second kappa shape index (κ2) is 2.96. The smallest absolute Gasteiger partial charge is 0.129 e. The van der Waals surface area contributed by atoms with Crippen LogP contribution in [0.4, 0.5) is 0 Å². The van der Waals surface area contributed by atoms with Crippen LogP contribution in [0.5, 0.6) is 0 Å². The molecule has 13 heavy (non-hydrogen) atoms. The first-order valence-corrected chi connectivity index (χ1v) is 5.83. The summed E-state index contributed by atoms with van der Waals surface area (Å²) in [6.07, 6.45) is 0. The Bertz CT molecular complexity index is 174. The van der Waals surface area contributed by atoms with Gasteiger partial charge in [-0.3, -0.25) is 0 Å². The van der Waals surface area contributed by atoms with Gasteiger partial charge in [-0.2, -0.15) is 0 Å². The summed E-state index contributed by atoms with van der Waals surface area (Å²) in [6, 6.07) is 0.847. The number of hydrogen-bond donors (Lipinski definition) is 0. The maximum atomic E-state index is 2.40. The molecule has 0 amide bonds. The standard InChI is InChI=1S/C11H24N2/c1-4-12-5-8-13(9-6-12,10-7-12)11(2)3/h11H,4-10H2,1-3H3/q+2. The molecule has 3 aliphatic rings. The van der Waals surface area contributed by atoms with Crippen molar-refractivity contribution in [2.75, 3.05) is 45.8 Å². The summed E-state index contributed by atoms with van der Waals surface area (Å²) in [4.78, 5) is 0. The molecule has 3 fully saturated rings. The van der Waals surface area contributed by atoms with Crippen LogP contribution in [-0.4, -0.2) is 60.8 Å². The molecule has 0 aromatic carbocycles. The first-order valence-electron chi connectivity index (χ1n) is 5.83. The summed E-state index contributed by atoms with van der Waals surface area (Å²) in [7, 11) is 0. The first-order chi connectivity index (χ1) is 6.13. The fourth-order valence-corrected chi connectivity index (χ4v) is 3.15. The van der Waals surface area contributed by atoms with Gasteiger partial charge < -0.3 is 8.97 Å². The summed E-state index contributed by atoms with van der Waals surface area (Å²) in [5.41, 5.74) is 0. The summed E-state index contributed by atoms with van der Waals surface area (Å²) in [5, 5.41) is 0. The highest BCUT2D eigenvalue weighted by molar-refractivity contribution is 4.63. The Hall–Kier alpha value is -0.0800. The van der Waals surface area contributed by atoms with Gasteiger partial charge in [0.2, 0.25) is 0 Å². The van der Waals surface area contributed by atoms with Crippen LogP contribution in [0.15, 0.2) is 0 Å². The van der Waals surface area contributed by atoms with Crippen molar-refractivity contribution in [3.05, 3.63) is 0 Å². The molecule has 0 saturated carbocycles.